The van der Waals surface area contributed by atoms with Crippen LogP contribution in [0.15, 0.2) is 30.5 Å². The van der Waals surface area contributed by atoms with Crippen molar-refractivity contribution in [1.82, 2.24) is 20.3 Å². The van der Waals surface area contributed by atoms with Gasteiger partial charge in [-0.1, -0.05) is 17.3 Å². The van der Waals surface area contributed by atoms with Gasteiger partial charge < -0.3 is 15.8 Å². The number of amides is 1. The normalized spacial score (nSPS) is 20.8. The molecule has 3 rings (SSSR count). The molecule has 10 heteroatoms. The molecule has 1 aliphatic heterocycles. The Balaban J connectivity index is 1.62. The molecule has 1 aromatic heterocycles. The Kier molecular flexibility index (Phi) is 4.73. The Morgan fingerprint density at radius 2 is 2.04 bits per heavy atom. The van der Waals surface area contributed by atoms with Crippen LogP contribution in [-0.4, -0.2) is 40.1 Å². The molecule has 0 saturated carbocycles. The Hall–Kier alpha value is -2.46. The van der Waals surface area contributed by atoms with Gasteiger partial charge in [-0.15, -0.1) is 5.10 Å². The van der Waals surface area contributed by atoms with Crippen LogP contribution in [-0.2, 0) is 17.5 Å². The van der Waals surface area contributed by atoms with E-state index in [1.54, 1.807) is 0 Å². The van der Waals surface area contributed by atoms with E-state index >= 15 is 0 Å². The number of aromatic nitrogens is 3. The maximum atomic E-state index is 12.6. The first-order valence-electron chi connectivity index (χ1n) is 7.54. The SMILES string of the molecule is NC(=O)c1cn(C2CNCC2OCc2ccc(C(F)(F)F)cc2)nn1. The largest absolute Gasteiger partial charge is 0.416 e. The third-order valence-electron chi connectivity index (χ3n) is 3.98. The van der Waals surface area contributed by atoms with Gasteiger partial charge in [-0.25, -0.2) is 4.68 Å². The van der Waals surface area contributed by atoms with E-state index in [1.165, 1.54) is 23.0 Å². The van der Waals surface area contributed by atoms with Gasteiger partial charge in [0.1, 0.15) is 0 Å². The maximum Gasteiger partial charge on any atom is 0.416 e. The molecule has 7 nitrogen and oxygen atoms in total. The smallest absolute Gasteiger partial charge is 0.370 e. The maximum absolute atomic E-state index is 12.6. The predicted molar refractivity (Wildman–Crippen MR) is 80.5 cm³/mol. The molecule has 1 amide bonds. The summed E-state index contributed by atoms with van der Waals surface area (Å²) < 4.78 is 45.0. The van der Waals surface area contributed by atoms with Crippen molar-refractivity contribution in [2.45, 2.75) is 24.9 Å². The lowest BCUT2D eigenvalue weighted by Gasteiger charge is -2.19. The number of nitrogens with zero attached hydrogens (tertiary/aromatic N) is 3. The van der Waals surface area contributed by atoms with E-state index in [2.05, 4.69) is 15.6 Å². The van der Waals surface area contributed by atoms with Crippen LogP contribution >= 0.6 is 0 Å². The van der Waals surface area contributed by atoms with Gasteiger partial charge in [0.2, 0.25) is 0 Å². The number of ether oxygens (including phenoxy) is 1. The molecule has 2 unspecified atom stereocenters. The van der Waals surface area contributed by atoms with Gasteiger partial charge in [0, 0.05) is 13.1 Å². The molecule has 0 bridgehead atoms. The van der Waals surface area contributed by atoms with Gasteiger partial charge >= 0.3 is 6.18 Å². The van der Waals surface area contributed by atoms with E-state index in [4.69, 9.17) is 10.5 Å². The zero-order valence-corrected chi connectivity index (χ0v) is 13.0. The molecule has 2 aromatic rings. The Labute approximate surface area is 140 Å². The van der Waals surface area contributed by atoms with Gasteiger partial charge in [-0.05, 0) is 17.7 Å². The van der Waals surface area contributed by atoms with Crippen molar-refractivity contribution in [3.8, 4) is 0 Å². The number of primary amides is 1. The lowest BCUT2D eigenvalue weighted by Crippen LogP contribution is -2.26. The van der Waals surface area contributed by atoms with E-state index < -0.39 is 17.6 Å². The molecule has 1 saturated heterocycles. The van der Waals surface area contributed by atoms with E-state index in [9.17, 15) is 18.0 Å². The molecule has 1 fully saturated rings. The van der Waals surface area contributed by atoms with E-state index in [1.807, 2.05) is 0 Å². The third kappa shape index (κ3) is 3.97. The first kappa shape index (κ1) is 17.4. The van der Waals surface area contributed by atoms with Crippen molar-refractivity contribution in [3.05, 3.63) is 47.3 Å². The molecule has 2 atom stereocenters. The Morgan fingerprint density at radius 3 is 2.64 bits per heavy atom. The zero-order chi connectivity index (χ0) is 18.0. The first-order valence-corrected chi connectivity index (χ1v) is 7.54. The third-order valence-corrected chi connectivity index (χ3v) is 3.98. The number of hydrogen-bond acceptors (Lipinski definition) is 5. The summed E-state index contributed by atoms with van der Waals surface area (Å²) in [5.41, 5.74) is 5.16. The molecule has 0 spiro atoms. The molecular weight excluding hydrogens is 339 g/mol. The van der Waals surface area contributed by atoms with Crippen molar-refractivity contribution in [2.24, 2.45) is 5.73 Å². The van der Waals surface area contributed by atoms with Crippen LogP contribution in [0.4, 0.5) is 13.2 Å². The van der Waals surface area contributed by atoms with Gasteiger partial charge in [0.05, 0.1) is 30.5 Å². The van der Waals surface area contributed by atoms with Crippen LogP contribution in [0.3, 0.4) is 0 Å². The summed E-state index contributed by atoms with van der Waals surface area (Å²) in [5.74, 6) is -0.667. The molecule has 1 aliphatic rings. The highest BCUT2D eigenvalue weighted by molar-refractivity contribution is 5.90. The Bertz CT molecular complexity index is 744. The number of benzene rings is 1. The summed E-state index contributed by atoms with van der Waals surface area (Å²) in [6, 6.07) is 4.65. The lowest BCUT2D eigenvalue weighted by atomic mass is 10.1. The second kappa shape index (κ2) is 6.81. The fourth-order valence-electron chi connectivity index (χ4n) is 2.62. The molecule has 0 radical (unpaired) electrons. The summed E-state index contributed by atoms with van der Waals surface area (Å²) in [7, 11) is 0. The fourth-order valence-corrected chi connectivity index (χ4v) is 2.62. The standard InChI is InChI=1S/C15H16F3N5O2/c16-15(17,18)10-3-1-9(2-4-10)8-25-13-6-20-5-12(13)23-7-11(14(19)24)21-22-23/h1-4,7,12-13,20H,5-6,8H2,(H2,19,24). The minimum atomic E-state index is -4.36. The lowest BCUT2D eigenvalue weighted by molar-refractivity contribution is -0.137. The summed E-state index contributed by atoms with van der Waals surface area (Å²) in [6.07, 6.45) is -3.16. The quantitative estimate of drug-likeness (QED) is 0.838. The van der Waals surface area contributed by atoms with Gasteiger partial charge in [-0.2, -0.15) is 13.2 Å². The van der Waals surface area contributed by atoms with E-state index in [-0.39, 0.29) is 24.4 Å². The fraction of sp³-hybridized carbons (Fsp3) is 0.400. The van der Waals surface area contributed by atoms with Crippen LogP contribution in [0, 0.1) is 0 Å². The van der Waals surface area contributed by atoms with Gasteiger partial charge in [0.15, 0.2) is 5.69 Å². The predicted octanol–water partition coefficient (Wildman–Crippen LogP) is 1.13. The van der Waals surface area contributed by atoms with Gasteiger partial charge in [0.25, 0.3) is 5.91 Å². The second-order valence-corrected chi connectivity index (χ2v) is 5.72. The summed E-state index contributed by atoms with van der Waals surface area (Å²) in [5, 5.41) is 10.7. The van der Waals surface area contributed by atoms with Crippen molar-refractivity contribution in [2.75, 3.05) is 13.1 Å². The van der Waals surface area contributed by atoms with E-state index in [0.717, 1.165) is 12.1 Å². The minimum absolute atomic E-state index is 0.0633. The van der Waals surface area contributed by atoms with E-state index in [0.29, 0.717) is 18.7 Å². The highest BCUT2D eigenvalue weighted by atomic mass is 19.4. The number of rotatable bonds is 5. The molecule has 1 aromatic carbocycles. The number of alkyl halides is 3. The van der Waals surface area contributed by atoms with Crippen molar-refractivity contribution in [1.29, 1.82) is 0 Å². The monoisotopic (exact) mass is 355 g/mol. The molecule has 25 heavy (non-hydrogen) atoms. The van der Waals surface area contributed by atoms with Crippen molar-refractivity contribution in [3.63, 3.8) is 0 Å². The second-order valence-electron chi connectivity index (χ2n) is 5.72. The summed E-state index contributed by atoms with van der Waals surface area (Å²) >= 11 is 0. The highest BCUT2D eigenvalue weighted by Gasteiger charge is 2.32. The summed E-state index contributed by atoms with van der Waals surface area (Å²) in [4.78, 5) is 11.1. The number of nitrogens with two attached hydrogens (primary N) is 1. The Morgan fingerprint density at radius 1 is 1.32 bits per heavy atom. The molecule has 2 heterocycles. The number of carbonyl (C=O) groups excluding carboxylic acids is 1. The zero-order valence-electron chi connectivity index (χ0n) is 13.0. The van der Waals surface area contributed by atoms with Crippen LogP contribution in [0.25, 0.3) is 0 Å². The molecular formula is C15H16F3N5O2. The van der Waals surface area contributed by atoms with Crippen molar-refractivity contribution >= 4 is 5.91 Å². The highest BCUT2D eigenvalue weighted by Crippen LogP contribution is 2.29. The average molecular weight is 355 g/mol. The van der Waals surface area contributed by atoms with Crippen LogP contribution in [0.5, 0.6) is 0 Å². The number of halogens is 3. The molecule has 3 N–H and O–H groups in total. The van der Waals surface area contributed by atoms with Crippen LogP contribution < -0.4 is 11.1 Å². The average Bonchev–Trinajstić information content (AvgIpc) is 3.21. The molecule has 134 valence electrons. The van der Waals surface area contributed by atoms with Crippen molar-refractivity contribution < 1.29 is 22.7 Å². The summed E-state index contributed by atoms with van der Waals surface area (Å²) in [6.45, 7) is 1.29. The van der Waals surface area contributed by atoms with Crippen LogP contribution in [0.2, 0.25) is 0 Å². The minimum Gasteiger partial charge on any atom is -0.370 e. The number of nitrogens with one attached hydrogen (secondary N) is 1. The molecule has 0 aliphatic carbocycles. The first-order chi connectivity index (χ1) is 11.8. The van der Waals surface area contributed by atoms with Crippen LogP contribution in [0.1, 0.15) is 27.7 Å². The topological polar surface area (TPSA) is 95.1 Å². The number of carbonyl (C=O) groups is 1. The number of hydrogen-bond donors (Lipinski definition) is 2. The van der Waals surface area contributed by atoms with Gasteiger partial charge in [-0.3, -0.25) is 4.79 Å².